The van der Waals surface area contributed by atoms with Gasteiger partial charge in [-0.15, -0.1) is 6.42 Å². The summed E-state index contributed by atoms with van der Waals surface area (Å²) in [5.41, 5.74) is 10.1. The summed E-state index contributed by atoms with van der Waals surface area (Å²) >= 11 is 1.88. The molecule has 2 fully saturated rings. The minimum Gasteiger partial charge on any atom is -0.511 e. The number of unbranched alkanes of at least 4 members (excludes halogenated alkanes) is 1. The fourth-order valence-corrected chi connectivity index (χ4v) is 13.4. The van der Waals surface area contributed by atoms with Crippen LogP contribution in [0.1, 0.15) is 110 Å². The minimum atomic E-state index is -1.25. The molecule has 3 heterocycles. The van der Waals surface area contributed by atoms with Gasteiger partial charge in [-0.05, 0) is 66.7 Å². The first-order valence-corrected chi connectivity index (χ1v) is 35.4. The van der Waals surface area contributed by atoms with Crippen LogP contribution in [0.2, 0.25) is 0 Å². The number of fused-ring (bicyclic) bond motifs is 3. The first kappa shape index (κ1) is 79.5. The average molecular weight is 1410 g/mol. The first-order chi connectivity index (χ1) is 48.3. The number of amides is 6. The molecule has 2 aromatic carbocycles. The van der Waals surface area contributed by atoms with Crippen LogP contribution in [-0.4, -0.2) is 251 Å². The number of ether oxygens (including phenoxy) is 9. The average Bonchev–Trinajstić information content (AvgIpc) is 1.00. The number of nitrogens with zero attached hydrogens (tertiary/aromatic N) is 3. The Labute approximate surface area is 590 Å². The Hall–Kier alpha value is -7.85. The number of aliphatic imine (C=N–C) groups is 1. The zero-order valence-corrected chi connectivity index (χ0v) is 59.0. The molecule has 548 valence electrons. The molecule has 7 rings (SSSR count). The molecule has 0 radical (unpaired) electrons. The number of aromatic carboxylic acids is 1. The number of anilines is 1. The van der Waals surface area contributed by atoms with Gasteiger partial charge in [-0.3, -0.25) is 29.0 Å². The quantitative estimate of drug-likeness (QED) is 0.0189. The van der Waals surface area contributed by atoms with Crippen LogP contribution in [0.4, 0.5) is 10.5 Å². The molecule has 27 nitrogen and oxygen atoms in total. The molecule has 28 heteroatoms. The Morgan fingerprint density at radius 2 is 1.38 bits per heavy atom. The Kier molecular flexibility index (Phi) is 33.7. The van der Waals surface area contributed by atoms with E-state index in [1.807, 2.05) is 68.9 Å². The van der Waals surface area contributed by atoms with Crippen LogP contribution in [-0.2, 0) is 57.1 Å². The topological polar surface area (TPSA) is 348 Å². The number of urea groups is 1. The number of carboxylic acids is 1. The van der Waals surface area contributed by atoms with Crippen LogP contribution in [0.5, 0.6) is 5.75 Å². The Morgan fingerprint density at radius 1 is 0.730 bits per heavy atom. The molecule has 9 N–H and O–H groups in total. The largest absolute Gasteiger partial charge is 0.511 e. The van der Waals surface area contributed by atoms with Crippen molar-refractivity contribution >= 4 is 70.1 Å². The van der Waals surface area contributed by atoms with Crippen molar-refractivity contribution in [2.24, 2.45) is 16.1 Å². The lowest BCUT2D eigenvalue weighted by molar-refractivity contribution is -0.132. The molecule has 4 atom stereocenters. The lowest BCUT2D eigenvalue weighted by Crippen LogP contribution is -2.39. The van der Waals surface area contributed by atoms with E-state index in [-0.39, 0.29) is 162 Å². The fourth-order valence-electron chi connectivity index (χ4n) is 11.9. The number of aliphatic hydroxyl groups is 1. The number of rotatable bonds is 48. The number of nitrogens with one attached hydrogen (secondary N) is 5. The third-order valence-electron chi connectivity index (χ3n) is 16.9. The summed E-state index contributed by atoms with van der Waals surface area (Å²) in [7, 11) is 3.81. The molecule has 2 aromatic rings. The van der Waals surface area contributed by atoms with Crippen LogP contribution >= 0.6 is 11.8 Å². The number of carbonyl (C=O) groups excluding carboxylic acids is 6. The van der Waals surface area contributed by atoms with Crippen molar-refractivity contribution in [2.75, 3.05) is 170 Å². The van der Waals surface area contributed by atoms with Crippen molar-refractivity contribution < 1.29 is 86.4 Å². The number of ketones is 1. The van der Waals surface area contributed by atoms with Crippen molar-refractivity contribution in [3.8, 4) is 18.1 Å². The van der Waals surface area contributed by atoms with Gasteiger partial charge in [-0.1, -0.05) is 38.3 Å². The van der Waals surface area contributed by atoms with Crippen molar-refractivity contribution in [1.82, 2.24) is 31.5 Å². The molecule has 6 amide bonds. The van der Waals surface area contributed by atoms with Gasteiger partial charge in [0, 0.05) is 143 Å². The summed E-state index contributed by atoms with van der Waals surface area (Å²) in [5.74, 6) is 1.11. The van der Waals surface area contributed by atoms with Crippen molar-refractivity contribution in [2.45, 2.75) is 101 Å². The Bertz CT molecular complexity index is 3290. The molecule has 5 aliphatic rings. The number of aliphatic hydroxyl groups excluding tert-OH is 1. The monoisotopic (exact) mass is 1410 g/mol. The number of carboxylic acid groups (broad SMARTS) is 1. The normalized spacial score (nSPS) is 18.2. The van der Waals surface area contributed by atoms with Gasteiger partial charge in [0.15, 0.2) is 5.78 Å². The lowest BCUT2D eigenvalue weighted by atomic mass is 9.75. The molecular weight excluding hydrogens is 1310 g/mol. The van der Waals surface area contributed by atoms with Gasteiger partial charge in [-0.25, -0.2) is 9.59 Å². The number of allylic oxidation sites excluding steroid dienone is 3. The highest BCUT2D eigenvalue weighted by Gasteiger charge is 2.43. The van der Waals surface area contributed by atoms with Crippen LogP contribution in [0, 0.1) is 17.8 Å². The second-order valence-electron chi connectivity index (χ2n) is 25.5. The number of thioether (sulfide) groups is 1. The maximum Gasteiger partial charge on any atom is 0.336 e. The molecule has 0 bridgehead atoms. The van der Waals surface area contributed by atoms with E-state index in [0.717, 1.165) is 30.7 Å². The molecule has 0 saturated carbocycles. The van der Waals surface area contributed by atoms with Gasteiger partial charge in [-0.2, -0.15) is 11.8 Å². The van der Waals surface area contributed by atoms with Gasteiger partial charge in [0.2, 0.25) is 17.7 Å². The van der Waals surface area contributed by atoms with Gasteiger partial charge in [0.05, 0.1) is 128 Å². The first-order valence-electron chi connectivity index (χ1n) is 34.4. The highest BCUT2D eigenvalue weighted by molar-refractivity contribution is 8.00. The van der Waals surface area contributed by atoms with Gasteiger partial charge in [0.1, 0.15) is 24.2 Å². The molecule has 0 aromatic heterocycles. The zero-order chi connectivity index (χ0) is 71.7. The molecule has 3 aliphatic heterocycles. The predicted molar refractivity (Wildman–Crippen MR) is 379 cm³/mol. The summed E-state index contributed by atoms with van der Waals surface area (Å²) in [6.45, 7) is 9.64. The van der Waals surface area contributed by atoms with E-state index < -0.39 is 23.4 Å². The standard InChI is InChI=1S/C72H101N9O18S/c1-6-27-91-31-35-95-39-42-98-38-34-94-30-26-81(65(86)18-23-77-69(87)49-12-15-52(55(43-49)70(88)89)66-53-16-13-50(73)44-60(53)99-61-45-51(80(4)5)14-17-54(61)66)25-19-64(85)75-22-9-21-74-56(67-58(82)46-72(2,3)47-59(67)83)20-28-92-32-36-96-40-41-97-37-33-93-29-24-76-63(84)11-8-7-10-62-68-57(48-100-62)78-71(90)79-68/h1,12-17,43-45,57,60,62,68,82H,7-11,18-42,46-48,73H2,2-5H3,(H,75,85)(H,76,84)(H,77,87)(H,88,89)(H2,78,79,90)/t57-,60?,62-,68-/m0/s1. The Balaban J connectivity index is 0.818. The highest BCUT2D eigenvalue weighted by Crippen LogP contribution is 2.45. The van der Waals surface area contributed by atoms with Crippen LogP contribution in [0.25, 0.3) is 5.57 Å². The zero-order valence-electron chi connectivity index (χ0n) is 58.2. The third kappa shape index (κ3) is 26.3. The summed E-state index contributed by atoms with van der Waals surface area (Å²) in [4.78, 5) is 99.3. The molecule has 0 spiro atoms. The molecule has 100 heavy (non-hydrogen) atoms. The van der Waals surface area contributed by atoms with Crippen LogP contribution < -0.4 is 42.0 Å². The van der Waals surface area contributed by atoms with Crippen LogP contribution in [0.3, 0.4) is 0 Å². The Morgan fingerprint density at radius 3 is 2.06 bits per heavy atom. The fraction of sp³-hybridized carbons (Fsp3) is 0.583. The second-order valence-corrected chi connectivity index (χ2v) is 26.7. The molecular formula is C72H101N9O18S. The lowest BCUT2D eigenvalue weighted by Gasteiger charge is -2.32. The summed E-state index contributed by atoms with van der Waals surface area (Å²) in [6, 6.07) is 10.4. The van der Waals surface area contributed by atoms with Gasteiger partial charge in [0.25, 0.3) is 5.91 Å². The van der Waals surface area contributed by atoms with Crippen LogP contribution in [0.15, 0.2) is 82.2 Å². The minimum absolute atomic E-state index is 0.00605. The van der Waals surface area contributed by atoms with E-state index in [4.69, 9.17) is 59.8 Å². The summed E-state index contributed by atoms with van der Waals surface area (Å²) in [6.07, 6.45) is 14.1. The van der Waals surface area contributed by atoms with Gasteiger partial charge >= 0.3 is 12.0 Å². The van der Waals surface area contributed by atoms with E-state index in [1.165, 1.54) is 11.0 Å². The van der Waals surface area contributed by atoms with E-state index in [1.54, 1.807) is 24.3 Å². The number of hydrogen-bond acceptors (Lipinski definition) is 21. The summed E-state index contributed by atoms with van der Waals surface area (Å²) < 4.78 is 51.1. The van der Waals surface area contributed by atoms with E-state index in [9.17, 15) is 43.8 Å². The van der Waals surface area contributed by atoms with Gasteiger partial charge < -0.3 is 95.0 Å². The molecule has 2 aliphatic carbocycles. The number of carbonyl (C=O) groups is 7. The number of hydrogen-bond donors (Lipinski definition) is 8. The third-order valence-corrected chi connectivity index (χ3v) is 18.4. The highest BCUT2D eigenvalue weighted by atomic mass is 32.2. The van der Waals surface area contributed by atoms with Crippen molar-refractivity contribution in [3.63, 3.8) is 0 Å². The van der Waals surface area contributed by atoms with Crippen molar-refractivity contribution in [3.05, 3.63) is 99.5 Å². The molecule has 2 saturated heterocycles. The smallest absolute Gasteiger partial charge is 0.336 e. The second kappa shape index (κ2) is 42.4. The van der Waals surface area contributed by atoms with E-state index >= 15 is 0 Å². The number of terminal acetylenes is 1. The number of Topliss-reactive ketones (excluding diaryl/α,β-unsaturated/α-hetero) is 1. The number of nitrogens with two attached hydrogens (primary N) is 1. The maximum absolute atomic E-state index is 13.9. The molecule has 1 unspecified atom stereocenters. The van der Waals surface area contributed by atoms with E-state index in [0.29, 0.717) is 137 Å². The van der Waals surface area contributed by atoms with Crippen molar-refractivity contribution in [1.29, 1.82) is 0 Å². The number of benzene rings is 2. The van der Waals surface area contributed by atoms with E-state index in [2.05, 4.69) is 32.5 Å². The maximum atomic E-state index is 13.9. The SMILES string of the molecule is C#CCOCCOCCOCCOCCN(CCC(=O)NCCCN=C(CCOCCOCCOCCOCCNC(=O)CCCC[C@@H]1SC[C@@H]2NC(=O)N[C@@H]21)C1=C(O)CC(C)(C)CC1=O)C(=O)CCNC(=O)c1ccc(C2=C3C=CC(N)=CC3Oc3cc(N(C)C)ccc32)c(C(=O)O)c1. The predicted octanol–water partition coefficient (Wildman–Crippen LogP) is 4.91. The summed E-state index contributed by atoms with van der Waals surface area (Å²) in [5, 5.41) is 36.6.